The third-order valence-electron chi connectivity index (χ3n) is 4.56. The van der Waals surface area contributed by atoms with Gasteiger partial charge in [-0.3, -0.25) is 4.79 Å². The Morgan fingerprint density at radius 3 is 2.75 bits per heavy atom. The maximum Gasteiger partial charge on any atom is 0.289 e. The van der Waals surface area contributed by atoms with Gasteiger partial charge in [0.15, 0.2) is 5.76 Å². The molecule has 0 aliphatic carbocycles. The van der Waals surface area contributed by atoms with Crippen LogP contribution in [0.25, 0.3) is 11.0 Å². The van der Waals surface area contributed by atoms with Gasteiger partial charge in [0.1, 0.15) is 5.58 Å². The number of nitrogens with zero attached hydrogens (tertiary/aromatic N) is 1. The average molecular weight is 270 g/mol. The number of hydrogen-bond donors (Lipinski definition) is 1. The van der Waals surface area contributed by atoms with Crippen molar-refractivity contribution in [1.82, 2.24) is 10.2 Å². The smallest absolute Gasteiger partial charge is 0.289 e. The van der Waals surface area contributed by atoms with Gasteiger partial charge in [-0.25, -0.2) is 0 Å². The summed E-state index contributed by atoms with van der Waals surface area (Å²) in [6.45, 7) is 5.82. The minimum atomic E-state index is 0.0354. The molecule has 2 aliphatic heterocycles. The summed E-state index contributed by atoms with van der Waals surface area (Å²) in [5, 5.41) is 4.40. The monoisotopic (exact) mass is 270 g/mol. The molecule has 0 bridgehead atoms. The number of nitrogens with one attached hydrogen (secondary N) is 1. The van der Waals surface area contributed by atoms with Gasteiger partial charge in [0, 0.05) is 31.6 Å². The topological polar surface area (TPSA) is 45.5 Å². The Morgan fingerprint density at radius 1 is 1.25 bits per heavy atom. The van der Waals surface area contributed by atoms with Gasteiger partial charge < -0.3 is 14.6 Å². The van der Waals surface area contributed by atoms with Crippen LogP contribution in [0, 0.1) is 18.8 Å². The Bertz CT molecular complexity index is 664. The second-order valence-corrected chi connectivity index (χ2v) is 6.04. The van der Waals surface area contributed by atoms with Gasteiger partial charge in [-0.2, -0.15) is 0 Å². The normalized spacial score (nSPS) is 25.4. The van der Waals surface area contributed by atoms with Crippen molar-refractivity contribution in [2.24, 2.45) is 11.8 Å². The van der Waals surface area contributed by atoms with Crippen LogP contribution < -0.4 is 5.32 Å². The van der Waals surface area contributed by atoms with Crippen LogP contribution in [0.15, 0.2) is 28.7 Å². The molecule has 0 saturated carbocycles. The standard InChI is InChI=1S/C16H18N2O2/c1-10-2-3-14-11(4-10)5-15(20-14)16(19)18-8-12-6-17-7-13(12)9-18/h2-5,12-13,17H,6-9H2,1H3. The number of fused-ring (bicyclic) bond motifs is 2. The lowest BCUT2D eigenvalue weighted by molar-refractivity contribution is 0.0752. The molecule has 1 N–H and O–H groups in total. The van der Waals surface area contributed by atoms with Crippen molar-refractivity contribution < 1.29 is 9.21 Å². The van der Waals surface area contributed by atoms with E-state index in [9.17, 15) is 4.79 Å². The van der Waals surface area contributed by atoms with Gasteiger partial charge in [-0.1, -0.05) is 11.6 Å². The van der Waals surface area contributed by atoms with Crippen LogP contribution in [0.2, 0.25) is 0 Å². The van der Waals surface area contributed by atoms with E-state index in [4.69, 9.17) is 4.42 Å². The summed E-state index contributed by atoms with van der Waals surface area (Å²) in [6.07, 6.45) is 0. The van der Waals surface area contributed by atoms with E-state index in [2.05, 4.69) is 11.4 Å². The minimum Gasteiger partial charge on any atom is -0.451 e. The Morgan fingerprint density at radius 2 is 2.00 bits per heavy atom. The first-order chi connectivity index (χ1) is 9.70. The first-order valence-corrected chi connectivity index (χ1v) is 7.21. The maximum atomic E-state index is 12.5. The summed E-state index contributed by atoms with van der Waals surface area (Å²) in [6, 6.07) is 7.87. The van der Waals surface area contributed by atoms with Crippen molar-refractivity contribution in [2.45, 2.75) is 6.92 Å². The number of carbonyl (C=O) groups excluding carboxylic acids is 1. The van der Waals surface area contributed by atoms with Crippen LogP contribution in [-0.4, -0.2) is 37.0 Å². The molecule has 0 spiro atoms. The maximum absolute atomic E-state index is 12.5. The second-order valence-electron chi connectivity index (χ2n) is 6.04. The van der Waals surface area contributed by atoms with Crippen LogP contribution in [0.5, 0.6) is 0 Å². The summed E-state index contributed by atoms with van der Waals surface area (Å²) in [7, 11) is 0. The van der Waals surface area contributed by atoms with Crippen molar-refractivity contribution in [2.75, 3.05) is 26.2 Å². The SMILES string of the molecule is Cc1ccc2oc(C(=O)N3CC4CNCC4C3)cc2c1. The van der Waals surface area contributed by atoms with Gasteiger partial charge >= 0.3 is 0 Å². The fraction of sp³-hybridized carbons (Fsp3) is 0.438. The van der Waals surface area contributed by atoms with E-state index in [0.29, 0.717) is 17.6 Å². The molecule has 20 heavy (non-hydrogen) atoms. The van der Waals surface area contributed by atoms with E-state index >= 15 is 0 Å². The lowest BCUT2D eigenvalue weighted by atomic mass is 10.0. The highest BCUT2D eigenvalue weighted by molar-refractivity contribution is 5.96. The first kappa shape index (κ1) is 12.0. The van der Waals surface area contributed by atoms with E-state index in [0.717, 1.165) is 37.1 Å². The predicted molar refractivity (Wildman–Crippen MR) is 76.7 cm³/mol. The van der Waals surface area contributed by atoms with Crippen molar-refractivity contribution in [3.8, 4) is 0 Å². The number of furan rings is 1. The molecule has 4 rings (SSSR count). The Hall–Kier alpha value is -1.81. The number of benzene rings is 1. The summed E-state index contributed by atoms with van der Waals surface area (Å²) >= 11 is 0. The quantitative estimate of drug-likeness (QED) is 0.862. The van der Waals surface area contributed by atoms with Crippen LogP contribution in [0.1, 0.15) is 16.1 Å². The van der Waals surface area contributed by atoms with E-state index in [1.54, 1.807) is 0 Å². The number of amides is 1. The number of likely N-dealkylation sites (tertiary alicyclic amines) is 1. The van der Waals surface area contributed by atoms with Crippen molar-refractivity contribution >= 4 is 16.9 Å². The molecule has 104 valence electrons. The fourth-order valence-electron chi connectivity index (χ4n) is 3.45. The molecule has 1 amide bonds. The molecule has 2 aliphatic rings. The van der Waals surface area contributed by atoms with Crippen LogP contribution in [0.3, 0.4) is 0 Å². The Labute approximate surface area is 117 Å². The van der Waals surface area contributed by atoms with Crippen molar-refractivity contribution in [1.29, 1.82) is 0 Å². The van der Waals surface area contributed by atoms with Crippen molar-refractivity contribution in [3.05, 3.63) is 35.6 Å². The summed E-state index contributed by atoms with van der Waals surface area (Å²) < 4.78 is 5.71. The van der Waals surface area contributed by atoms with Crippen LogP contribution in [-0.2, 0) is 0 Å². The van der Waals surface area contributed by atoms with Gasteiger partial charge in [0.05, 0.1) is 0 Å². The molecule has 2 saturated heterocycles. The van der Waals surface area contributed by atoms with Gasteiger partial charge in [0.25, 0.3) is 5.91 Å². The average Bonchev–Trinajstić information content (AvgIpc) is 3.10. The van der Waals surface area contributed by atoms with Gasteiger partial charge in [-0.15, -0.1) is 0 Å². The van der Waals surface area contributed by atoms with Gasteiger partial charge in [-0.05, 0) is 37.0 Å². The predicted octanol–water partition coefficient (Wildman–Crippen LogP) is 2.03. The highest BCUT2D eigenvalue weighted by Crippen LogP contribution is 2.29. The second kappa shape index (κ2) is 4.35. The van der Waals surface area contributed by atoms with E-state index in [1.165, 1.54) is 5.56 Å². The van der Waals surface area contributed by atoms with Crippen molar-refractivity contribution in [3.63, 3.8) is 0 Å². The number of hydrogen-bond acceptors (Lipinski definition) is 3. The molecule has 1 aromatic heterocycles. The highest BCUT2D eigenvalue weighted by atomic mass is 16.3. The highest BCUT2D eigenvalue weighted by Gasteiger charge is 2.38. The fourth-order valence-corrected chi connectivity index (χ4v) is 3.45. The summed E-state index contributed by atoms with van der Waals surface area (Å²) in [5.41, 5.74) is 1.97. The molecule has 2 fully saturated rings. The van der Waals surface area contributed by atoms with E-state index < -0.39 is 0 Å². The molecule has 2 aromatic rings. The lowest BCUT2D eigenvalue weighted by Gasteiger charge is -2.15. The lowest BCUT2D eigenvalue weighted by Crippen LogP contribution is -2.31. The van der Waals surface area contributed by atoms with E-state index in [-0.39, 0.29) is 5.91 Å². The molecular formula is C16H18N2O2. The third kappa shape index (κ3) is 1.83. The third-order valence-corrected chi connectivity index (χ3v) is 4.56. The Balaban J connectivity index is 1.61. The largest absolute Gasteiger partial charge is 0.451 e. The summed E-state index contributed by atoms with van der Waals surface area (Å²) in [4.78, 5) is 14.5. The first-order valence-electron chi connectivity index (χ1n) is 7.21. The number of carbonyl (C=O) groups is 1. The zero-order valence-electron chi connectivity index (χ0n) is 11.6. The van der Waals surface area contributed by atoms with Crippen LogP contribution >= 0.6 is 0 Å². The van der Waals surface area contributed by atoms with E-state index in [1.807, 2.05) is 30.0 Å². The molecule has 3 heterocycles. The molecule has 4 heteroatoms. The minimum absolute atomic E-state index is 0.0354. The molecule has 2 unspecified atom stereocenters. The summed E-state index contributed by atoms with van der Waals surface area (Å²) in [5.74, 6) is 1.74. The van der Waals surface area contributed by atoms with Gasteiger partial charge in [0.2, 0.25) is 0 Å². The Kier molecular flexibility index (Phi) is 2.60. The zero-order valence-corrected chi connectivity index (χ0v) is 11.6. The molecule has 4 nitrogen and oxygen atoms in total. The molecule has 1 aromatic carbocycles. The molecular weight excluding hydrogens is 252 g/mol. The van der Waals surface area contributed by atoms with Crippen LogP contribution in [0.4, 0.5) is 0 Å². The zero-order chi connectivity index (χ0) is 13.7. The number of rotatable bonds is 1. The number of aryl methyl sites for hydroxylation is 1. The molecule has 2 atom stereocenters. The molecule has 0 radical (unpaired) electrons.